The van der Waals surface area contributed by atoms with Crippen LogP contribution in [0.3, 0.4) is 0 Å². The molecule has 0 bridgehead atoms. The summed E-state index contributed by atoms with van der Waals surface area (Å²) >= 11 is 0. The van der Waals surface area contributed by atoms with Crippen LogP contribution in [0.25, 0.3) is 0 Å². The topological polar surface area (TPSA) is 63.5 Å². The van der Waals surface area contributed by atoms with E-state index >= 15 is 0 Å². The van der Waals surface area contributed by atoms with Gasteiger partial charge in [0.1, 0.15) is 5.75 Å². The van der Waals surface area contributed by atoms with Gasteiger partial charge < -0.3 is 15.4 Å². The van der Waals surface area contributed by atoms with Crippen LogP contribution < -0.4 is 15.4 Å². The Hall–Kier alpha value is -2.03. The summed E-state index contributed by atoms with van der Waals surface area (Å²) in [5.41, 5.74) is 2.32. The number of nitrogens with one attached hydrogen (secondary N) is 2. The Kier molecular flexibility index (Phi) is 9.68. The highest BCUT2D eigenvalue weighted by molar-refractivity contribution is 14.0. The zero-order chi connectivity index (χ0) is 17.2. The molecule has 0 saturated heterocycles. The third-order valence-electron chi connectivity index (χ3n) is 3.46. The number of hydrogen-bond acceptors (Lipinski definition) is 3. The van der Waals surface area contributed by atoms with E-state index in [0.29, 0.717) is 13.1 Å². The fraction of sp³-hybridized carbons (Fsp3) is 0.333. The monoisotopic (exact) mass is 455 g/mol. The van der Waals surface area contributed by atoms with E-state index in [1.807, 2.05) is 37.7 Å². The van der Waals surface area contributed by atoms with Gasteiger partial charge in [0.15, 0.2) is 5.96 Å². The molecule has 0 aliphatic rings. The van der Waals surface area contributed by atoms with Crippen LogP contribution in [-0.4, -0.2) is 35.9 Å². The van der Waals surface area contributed by atoms with Crippen molar-refractivity contribution in [2.24, 2.45) is 12.0 Å². The summed E-state index contributed by atoms with van der Waals surface area (Å²) in [4.78, 5) is 4.58. The normalized spacial score (nSPS) is 10.7. The van der Waals surface area contributed by atoms with E-state index in [4.69, 9.17) is 4.74 Å². The number of halogens is 1. The number of aromatic nitrogens is 2. The molecule has 0 amide bonds. The van der Waals surface area contributed by atoms with Gasteiger partial charge in [-0.1, -0.05) is 18.2 Å². The molecule has 0 aliphatic carbocycles. The first-order valence-corrected chi connectivity index (χ1v) is 7.95. The average molecular weight is 455 g/mol. The lowest BCUT2D eigenvalue weighted by molar-refractivity contribution is 0.414. The van der Waals surface area contributed by atoms with E-state index in [9.17, 15) is 0 Å². The standard InChI is InChI=1S/C18H25N5O.HI/c1-4-10-19-18(21-12-16-13-22-23(2)14-16)20-11-9-15-5-7-17(24-3)8-6-15;/h4-8,13-14H,1,9-12H2,2-3H3,(H2,19,20,21);1H. The zero-order valence-electron chi connectivity index (χ0n) is 14.7. The fourth-order valence-electron chi connectivity index (χ4n) is 2.18. The third-order valence-corrected chi connectivity index (χ3v) is 3.46. The molecule has 0 unspecified atom stereocenters. The SMILES string of the molecule is C=CCNC(=NCc1cnn(C)c1)NCCc1ccc(OC)cc1.I. The molecule has 0 spiro atoms. The maximum absolute atomic E-state index is 5.17. The molecule has 2 aromatic rings. The minimum atomic E-state index is 0. The Morgan fingerprint density at radius 1 is 1.28 bits per heavy atom. The van der Waals surface area contributed by atoms with Crippen molar-refractivity contribution in [1.82, 2.24) is 20.4 Å². The highest BCUT2D eigenvalue weighted by atomic mass is 127. The molecule has 0 aliphatic heterocycles. The summed E-state index contributed by atoms with van der Waals surface area (Å²) in [6.07, 6.45) is 6.51. The summed E-state index contributed by atoms with van der Waals surface area (Å²) in [5, 5.41) is 10.7. The molecule has 0 fully saturated rings. The quantitative estimate of drug-likeness (QED) is 0.278. The number of benzene rings is 1. The van der Waals surface area contributed by atoms with Gasteiger partial charge >= 0.3 is 0 Å². The van der Waals surface area contributed by atoms with Gasteiger partial charge in [0.05, 0.1) is 19.9 Å². The number of ether oxygens (including phenoxy) is 1. The maximum atomic E-state index is 5.17. The summed E-state index contributed by atoms with van der Waals surface area (Å²) in [6, 6.07) is 8.10. The maximum Gasteiger partial charge on any atom is 0.191 e. The van der Waals surface area contributed by atoms with Crippen LogP contribution in [-0.2, 0) is 20.0 Å². The lowest BCUT2D eigenvalue weighted by Crippen LogP contribution is -2.38. The van der Waals surface area contributed by atoms with Crippen molar-refractivity contribution in [2.45, 2.75) is 13.0 Å². The minimum absolute atomic E-state index is 0. The first kappa shape index (κ1) is 21.0. The highest BCUT2D eigenvalue weighted by Gasteiger charge is 2.00. The second-order valence-corrected chi connectivity index (χ2v) is 5.38. The molecule has 0 radical (unpaired) electrons. The predicted octanol–water partition coefficient (Wildman–Crippen LogP) is 2.51. The van der Waals surface area contributed by atoms with Crippen LogP contribution in [0.4, 0.5) is 0 Å². The number of aryl methyl sites for hydroxylation is 1. The van der Waals surface area contributed by atoms with Crippen molar-refractivity contribution in [3.63, 3.8) is 0 Å². The van der Waals surface area contributed by atoms with Gasteiger partial charge in [-0.05, 0) is 24.1 Å². The van der Waals surface area contributed by atoms with Crippen LogP contribution in [0.5, 0.6) is 5.75 Å². The van der Waals surface area contributed by atoms with Crippen LogP contribution in [0.1, 0.15) is 11.1 Å². The minimum Gasteiger partial charge on any atom is -0.497 e. The van der Waals surface area contributed by atoms with Crippen LogP contribution in [0.15, 0.2) is 54.3 Å². The van der Waals surface area contributed by atoms with E-state index in [2.05, 4.69) is 39.4 Å². The smallest absolute Gasteiger partial charge is 0.191 e. The van der Waals surface area contributed by atoms with Crippen molar-refractivity contribution in [3.05, 3.63) is 60.4 Å². The first-order valence-electron chi connectivity index (χ1n) is 7.95. The van der Waals surface area contributed by atoms with Crippen molar-refractivity contribution >= 4 is 29.9 Å². The van der Waals surface area contributed by atoms with Gasteiger partial charge in [0, 0.05) is 31.9 Å². The summed E-state index contributed by atoms with van der Waals surface area (Å²) in [5.74, 6) is 1.64. The molecule has 6 nitrogen and oxygen atoms in total. The lowest BCUT2D eigenvalue weighted by atomic mass is 10.1. The molecule has 25 heavy (non-hydrogen) atoms. The molecule has 7 heteroatoms. The third kappa shape index (κ3) is 7.59. The van der Waals surface area contributed by atoms with Gasteiger partial charge in [-0.3, -0.25) is 4.68 Å². The Bertz CT molecular complexity index is 666. The Labute approximate surface area is 166 Å². The molecule has 2 rings (SSSR count). The number of rotatable bonds is 8. The molecule has 136 valence electrons. The van der Waals surface area contributed by atoms with Gasteiger partial charge in [0.2, 0.25) is 0 Å². The van der Waals surface area contributed by atoms with E-state index in [1.165, 1.54) is 5.56 Å². The molecular formula is C18H26IN5O. The van der Waals surface area contributed by atoms with Gasteiger partial charge in [-0.2, -0.15) is 5.10 Å². The second kappa shape index (κ2) is 11.5. The van der Waals surface area contributed by atoms with E-state index < -0.39 is 0 Å². The first-order chi connectivity index (χ1) is 11.7. The predicted molar refractivity (Wildman–Crippen MR) is 113 cm³/mol. The average Bonchev–Trinajstić information content (AvgIpc) is 3.02. The van der Waals surface area contributed by atoms with Gasteiger partial charge in [0.25, 0.3) is 0 Å². The van der Waals surface area contributed by atoms with Crippen LogP contribution in [0.2, 0.25) is 0 Å². The summed E-state index contributed by atoms with van der Waals surface area (Å²) in [7, 11) is 3.57. The van der Waals surface area contributed by atoms with Crippen molar-refractivity contribution < 1.29 is 4.74 Å². The molecule has 1 aromatic heterocycles. The van der Waals surface area contributed by atoms with Crippen LogP contribution >= 0.6 is 24.0 Å². The Morgan fingerprint density at radius 3 is 2.64 bits per heavy atom. The molecule has 1 heterocycles. The van der Waals surface area contributed by atoms with E-state index in [-0.39, 0.29) is 24.0 Å². The van der Waals surface area contributed by atoms with E-state index in [1.54, 1.807) is 11.8 Å². The number of guanidine groups is 1. The lowest BCUT2D eigenvalue weighted by Gasteiger charge is -2.11. The number of nitrogens with zero attached hydrogens (tertiary/aromatic N) is 3. The van der Waals surface area contributed by atoms with Crippen LogP contribution in [0, 0.1) is 0 Å². The number of hydrogen-bond donors (Lipinski definition) is 2. The van der Waals surface area contributed by atoms with E-state index in [0.717, 1.165) is 30.2 Å². The molecule has 2 N–H and O–H groups in total. The zero-order valence-corrected chi connectivity index (χ0v) is 17.1. The van der Waals surface area contributed by atoms with Crippen molar-refractivity contribution in [3.8, 4) is 5.75 Å². The molecule has 0 atom stereocenters. The van der Waals surface area contributed by atoms with Crippen molar-refractivity contribution in [2.75, 3.05) is 20.2 Å². The number of methoxy groups -OCH3 is 1. The fourth-order valence-corrected chi connectivity index (χ4v) is 2.18. The van der Waals surface area contributed by atoms with Crippen molar-refractivity contribution in [1.29, 1.82) is 0 Å². The summed E-state index contributed by atoms with van der Waals surface area (Å²) in [6.45, 7) is 5.78. The van der Waals surface area contributed by atoms with Gasteiger partial charge in [-0.15, -0.1) is 30.6 Å². The van der Waals surface area contributed by atoms with Gasteiger partial charge in [-0.25, -0.2) is 4.99 Å². The Morgan fingerprint density at radius 2 is 2.04 bits per heavy atom. The molecule has 1 aromatic carbocycles. The Balaban J connectivity index is 0.00000312. The largest absolute Gasteiger partial charge is 0.497 e. The molecular weight excluding hydrogens is 429 g/mol. The second-order valence-electron chi connectivity index (χ2n) is 5.38. The summed E-state index contributed by atoms with van der Waals surface area (Å²) < 4.78 is 6.95. The molecule has 0 saturated carbocycles. The number of aliphatic imine (C=N–C) groups is 1. The highest BCUT2D eigenvalue weighted by Crippen LogP contribution is 2.11.